The number of rotatable bonds is 65. The zero-order valence-corrected chi connectivity index (χ0v) is 52.3. The normalized spacial score (nSPS) is 12.1. The third-order valence-corrected chi connectivity index (χ3v) is 16.0. The van der Waals surface area contributed by atoms with Crippen molar-refractivity contribution in [2.24, 2.45) is 0 Å². The van der Waals surface area contributed by atoms with Crippen molar-refractivity contribution in [3.63, 3.8) is 0 Å². The van der Waals surface area contributed by atoms with E-state index in [1.165, 1.54) is 289 Å². The van der Waals surface area contributed by atoms with Gasteiger partial charge in [0.1, 0.15) is 13.2 Å². The summed E-state index contributed by atoms with van der Waals surface area (Å²) in [6, 6.07) is 0. The molecule has 0 aliphatic heterocycles. The Morgan fingerprint density at radius 2 is 0.468 bits per heavy atom. The Balaban J connectivity index is 3.93. The maximum atomic E-state index is 12.9. The van der Waals surface area contributed by atoms with Crippen molar-refractivity contribution >= 4 is 17.9 Å². The summed E-state index contributed by atoms with van der Waals surface area (Å²) in [6.45, 7) is 6.67. The Hall–Kier alpha value is -2.11. The van der Waals surface area contributed by atoms with Gasteiger partial charge in [0.2, 0.25) is 0 Å². The second kappa shape index (κ2) is 66.4. The fourth-order valence-electron chi connectivity index (χ4n) is 10.7. The minimum absolute atomic E-state index is 0.0634. The highest BCUT2D eigenvalue weighted by atomic mass is 16.6. The molecule has 0 aromatic rings. The average molecular weight is 1080 g/mol. The standard InChI is InChI=1S/C71H134O6/c1-4-7-10-13-16-19-21-23-25-27-28-29-30-31-32-33-34-35-36-37-38-39-40-41-42-43-44-45-47-48-50-52-55-58-61-64-70(73)76-67-68(66-75-69(72)63-60-57-54-18-15-12-9-6-3)77-71(74)65-62-59-56-53-51-49-46-26-24-22-20-17-14-11-8-5-2/h21,23,27-28,68H,4-20,22,24-26,29-67H2,1-3H3/b23-21-,28-27-. The number of ether oxygens (including phenoxy) is 3. The average Bonchev–Trinajstić information content (AvgIpc) is 3.43. The molecule has 1 atom stereocenters. The number of allylic oxidation sites excluding steroid dienone is 4. The number of carbonyl (C=O) groups is 3. The summed E-state index contributed by atoms with van der Waals surface area (Å²) in [6.07, 6.45) is 81.0. The van der Waals surface area contributed by atoms with Crippen LogP contribution < -0.4 is 0 Å². The van der Waals surface area contributed by atoms with Crippen molar-refractivity contribution in [2.45, 2.75) is 399 Å². The van der Waals surface area contributed by atoms with Crippen LogP contribution in [0, 0.1) is 0 Å². The summed E-state index contributed by atoms with van der Waals surface area (Å²) < 4.78 is 16.9. The molecule has 0 rings (SSSR count). The summed E-state index contributed by atoms with van der Waals surface area (Å²) in [5, 5.41) is 0. The minimum Gasteiger partial charge on any atom is -0.462 e. The number of carbonyl (C=O) groups excluding carboxylic acids is 3. The second-order valence-corrected chi connectivity index (χ2v) is 23.8. The monoisotopic (exact) mass is 1080 g/mol. The predicted molar refractivity (Wildman–Crippen MR) is 335 cm³/mol. The van der Waals surface area contributed by atoms with Gasteiger partial charge in [-0.05, 0) is 51.4 Å². The zero-order chi connectivity index (χ0) is 55.7. The molecule has 0 saturated heterocycles. The first-order valence-corrected chi connectivity index (χ1v) is 34.8. The molecule has 0 heterocycles. The molecule has 0 spiro atoms. The number of unbranched alkanes of at least 4 members (excludes halogenated alkanes) is 50. The lowest BCUT2D eigenvalue weighted by atomic mass is 10.0. The van der Waals surface area contributed by atoms with E-state index in [1.807, 2.05) is 0 Å². The van der Waals surface area contributed by atoms with Crippen LogP contribution in [-0.2, 0) is 28.6 Å². The van der Waals surface area contributed by atoms with E-state index in [9.17, 15) is 14.4 Å². The molecule has 0 bridgehead atoms. The van der Waals surface area contributed by atoms with Crippen molar-refractivity contribution < 1.29 is 28.6 Å². The number of hydrogen-bond acceptors (Lipinski definition) is 6. The van der Waals surface area contributed by atoms with Crippen LogP contribution >= 0.6 is 0 Å². The van der Waals surface area contributed by atoms with Gasteiger partial charge in [0.15, 0.2) is 6.10 Å². The fraction of sp³-hybridized carbons (Fsp3) is 0.901. The Labute approximate surface area is 481 Å². The molecule has 0 amide bonds. The molecular weight excluding hydrogens is 949 g/mol. The first kappa shape index (κ1) is 74.9. The van der Waals surface area contributed by atoms with E-state index in [4.69, 9.17) is 14.2 Å². The van der Waals surface area contributed by atoms with Crippen LogP contribution in [0.2, 0.25) is 0 Å². The van der Waals surface area contributed by atoms with Crippen LogP contribution in [0.5, 0.6) is 0 Å². The molecular formula is C71H134O6. The van der Waals surface area contributed by atoms with Gasteiger partial charge in [-0.25, -0.2) is 0 Å². The third kappa shape index (κ3) is 64.6. The van der Waals surface area contributed by atoms with Crippen molar-refractivity contribution in [3.8, 4) is 0 Å². The zero-order valence-electron chi connectivity index (χ0n) is 52.3. The van der Waals surface area contributed by atoms with E-state index in [-0.39, 0.29) is 31.1 Å². The molecule has 454 valence electrons. The Morgan fingerprint density at radius 3 is 0.714 bits per heavy atom. The van der Waals surface area contributed by atoms with E-state index in [0.717, 1.165) is 64.2 Å². The molecule has 0 aromatic heterocycles. The van der Waals surface area contributed by atoms with Gasteiger partial charge in [-0.2, -0.15) is 0 Å². The van der Waals surface area contributed by atoms with Crippen LogP contribution in [0.1, 0.15) is 393 Å². The number of esters is 3. The second-order valence-electron chi connectivity index (χ2n) is 23.8. The lowest BCUT2D eigenvalue weighted by Crippen LogP contribution is -2.30. The van der Waals surface area contributed by atoms with Gasteiger partial charge in [-0.3, -0.25) is 14.4 Å². The molecule has 0 N–H and O–H groups in total. The molecule has 1 unspecified atom stereocenters. The van der Waals surface area contributed by atoms with E-state index in [1.54, 1.807) is 0 Å². The summed E-state index contributed by atoms with van der Waals surface area (Å²) in [4.78, 5) is 38.1. The Kier molecular flexibility index (Phi) is 64.6. The highest BCUT2D eigenvalue weighted by molar-refractivity contribution is 5.71. The van der Waals surface area contributed by atoms with Crippen molar-refractivity contribution in [1.29, 1.82) is 0 Å². The third-order valence-electron chi connectivity index (χ3n) is 16.0. The molecule has 0 fully saturated rings. The largest absolute Gasteiger partial charge is 0.462 e. The van der Waals surface area contributed by atoms with E-state index < -0.39 is 6.10 Å². The molecule has 6 nitrogen and oxygen atoms in total. The van der Waals surface area contributed by atoms with Crippen molar-refractivity contribution in [3.05, 3.63) is 24.3 Å². The SMILES string of the molecule is CCCCCCC/C=C\C/C=C\CCCCCCCCCCCCCCCCCCCCCCCCCC(=O)OCC(COC(=O)CCCCCCCCCC)OC(=O)CCCCCCCCCCCCCCCCCC. The summed E-state index contributed by atoms with van der Waals surface area (Å²) in [7, 11) is 0. The molecule has 0 aromatic carbocycles. The molecule has 0 saturated carbocycles. The van der Waals surface area contributed by atoms with Gasteiger partial charge >= 0.3 is 17.9 Å². The summed E-state index contributed by atoms with van der Waals surface area (Å²) in [5.74, 6) is -0.839. The van der Waals surface area contributed by atoms with E-state index >= 15 is 0 Å². The van der Waals surface area contributed by atoms with Gasteiger partial charge in [-0.1, -0.05) is 347 Å². The van der Waals surface area contributed by atoms with Crippen LogP contribution in [0.3, 0.4) is 0 Å². The van der Waals surface area contributed by atoms with Gasteiger partial charge in [-0.15, -0.1) is 0 Å². The van der Waals surface area contributed by atoms with Gasteiger partial charge < -0.3 is 14.2 Å². The molecule has 0 aliphatic carbocycles. The predicted octanol–water partition coefficient (Wildman–Crippen LogP) is 23.8. The van der Waals surface area contributed by atoms with Crippen molar-refractivity contribution in [2.75, 3.05) is 13.2 Å². The molecule has 6 heteroatoms. The topological polar surface area (TPSA) is 78.9 Å². The van der Waals surface area contributed by atoms with Gasteiger partial charge in [0, 0.05) is 19.3 Å². The maximum absolute atomic E-state index is 12.9. The Morgan fingerprint density at radius 1 is 0.260 bits per heavy atom. The van der Waals surface area contributed by atoms with Gasteiger partial charge in [0.05, 0.1) is 0 Å². The highest BCUT2D eigenvalue weighted by Gasteiger charge is 2.19. The van der Waals surface area contributed by atoms with Gasteiger partial charge in [0.25, 0.3) is 0 Å². The molecule has 0 aliphatic rings. The highest BCUT2D eigenvalue weighted by Crippen LogP contribution is 2.19. The number of hydrogen-bond donors (Lipinski definition) is 0. The van der Waals surface area contributed by atoms with E-state index in [2.05, 4.69) is 45.1 Å². The summed E-state index contributed by atoms with van der Waals surface area (Å²) in [5.41, 5.74) is 0. The summed E-state index contributed by atoms with van der Waals surface area (Å²) >= 11 is 0. The quantitative estimate of drug-likeness (QED) is 0.0261. The van der Waals surface area contributed by atoms with Crippen LogP contribution in [0.4, 0.5) is 0 Å². The minimum atomic E-state index is -0.763. The smallest absolute Gasteiger partial charge is 0.306 e. The lowest BCUT2D eigenvalue weighted by Gasteiger charge is -2.18. The van der Waals surface area contributed by atoms with E-state index in [0.29, 0.717) is 19.3 Å². The fourth-order valence-corrected chi connectivity index (χ4v) is 10.7. The van der Waals surface area contributed by atoms with Crippen molar-refractivity contribution in [1.82, 2.24) is 0 Å². The first-order chi connectivity index (χ1) is 38.0. The maximum Gasteiger partial charge on any atom is 0.306 e. The van der Waals surface area contributed by atoms with Crippen LogP contribution in [0.15, 0.2) is 24.3 Å². The lowest BCUT2D eigenvalue weighted by molar-refractivity contribution is -0.167. The van der Waals surface area contributed by atoms with Crippen LogP contribution in [0.25, 0.3) is 0 Å². The molecule has 0 radical (unpaired) electrons. The Bertz CT molecular complexity index is 1240. The van der Waals surface area contributed by atoms with Crippen LogP contribution in [-0.4, -0.2) is 37.2 Å². The first-order valence-electron chi connectivity index (χ1n) is 34.8. The molecule has 77 heavy (non-hydrogen) atoms.